The summed E-state index contributed by atoms with van der Waals surface area (Å²) < 4.78 is 37.3. The number of ether oxygens (including phenoxy) is 2. The number of carbonyl (C=O) groups is 4. The smallest absolute Gasteiger partial charge is 0.367 e. The van der Waals surface area contributed by atoms with Crippen LogP contribution in [0, 0.1) is 11.6 Å². The molecule has 1 N–H and O–H groups in total. The van der Waals surface area contributed by atoms with Gasteiger partial charge in [-0.15, -0.1) is 0 Å². The minimum atomic E-state index is -0.862. The zero-order valence-electron chi connectivity index (χ0n) is 25.0. The van der Waals surface area contributed by atoms with Crippen LogP contribution in [0.5, 0.6) is 0 Å². The molecule has 2 aliphatic heterocycles. The summed E-state index contributed by atoms with van der Waals surface area (Å²) >= 11 is 0.977. The van der Waals surface area contributed by atoms with Crippen LogP contribution >= 0.6 is 11.8 Å². The first-order chi connectivity index (χ1) is 21.7. The van der Waals surface area contributed by atoms with E-state index >= 15 is 0 Å². The van der Waals surface area contributed by atoms with Gasteiger partial charge in [-0.05, 0) is 60.0 Å². The molecule has 2 fully saturated rings. The molecule has 0 radical (unpaired) electrons. The predicted octanol–water partition coefficient (Wildman–Crippen LogP) is 3.76. The zero-order chi connectivity index (χ0) is 32.3. The molecule has 242 valence electrons. The van der Waals surface area contributed by atoms with E-state index in [1.54, 1.807) is 36.2 Å². The van der Waals surface area contributed by atoms with Crippen LogP contribution in [0.2, 0.25) is 0 Å². The van der Waals surface area contributed by atoms with Crippen LogP contribution in [0.3, 0.4) is 0 Å². The lowest BCUT2D eigenvalue weighted by atomic mass is 10.0. The summed E-state index contributed by atoms with van der Waals surface area (Å²) in [5.41, 5.74) is 1.47. The van der Waals surface area contributed by atoms with Crippen molar-refractivity contribution < 1.29 is 37.4 Å². The van der Waals surface area contributed by atoms with Gasteiger partial charge in [0.15, 0.2) is 0 Å². The average molecular weight is 646 g/mol. The largest absolute Gasteiger partial charge is 0.453 e. The highest BCUT2D eigenvalue weighted by molar-refractivity contribution is 8.13. The number of amides is 4. The van der Waals surface area contributed by atoms with Gasteiger partial charge in [0.25, 0.3) is 0 Å². The molecule has 0 spiro atoms. The van der Waals surface area contributed by atoms with Crippen LogP contribution in [-0.2, 0) is 32.2 Å². The Balaban J connectivity index is 1.46. The van der Waals surface area contributed by atoms with E-state index < -0.39 is 23.5 Å². The van der Waals surface area contributed by atoms with Gasteiger partial charge in [-0.3, -0.25) is 9.59 Å². The molecular weight excluding hydrogens is 608 g/mol. The Morgan fingerprint density at radius 1 is 1.07 bits per heavy atom. The maximum atomic E-state index is 13.8. The molecule has 2 aliphatic rings. The number of hydrazine groups is 1. The van der Waals surface area contributed by atoms with Gasteiger partial charge in [-0.25, -0.2) is 28.4 Å². The summed E-state index contributed by atoms with van der Waals surface area (Å²) in [5, 5.41) is 5.32. The lowest BCUT2D eigenvalue weighted by Gasteiger charge is -2.54. The van der Waals surface area contributed by atoms with Gasteiger partial charge < -0.3 is 24.6 Å². The number of nitrogens with one attached hydrogen (secondary N) is 1. The standard InChI is InChI=1S/C31H37F2N5O6S/c1-3-15-44-31(42)45-17-4-5-26-29(40)36(14-16-43-21-23-8-12-25(33)13-9-23)19-27-37(26)28(39)20-35(2)38(27)30(41)34-18-22-6-10-24(32)11-7-22/h3,6-13,26-27H,1,4-5,14-21H2,2H3,(H,34,41)/t26-,27-/m0/s1. The number of halogens is 2. The SMILES string of the molecule is C=CCOC(=O)SCCC[C@H]1C(=O)N(CCOCc2ccc(F)cc2)C[C@H]2N1C(=O)CN(C)N2C(=O)NCc1ccc(F)cc1. The summed E-state index contributed by atoms with van der Waals surface area (Å²) in [4.78, 5) is 55.6. The number of benzene rings is 2. The molecule has 2 saturated heterocycles. The molecule has 14 heteroatoms. The first kappa shape index (κ1) is 33.9. The van der Waals surface area contributed by atoms with Crippen LogP contribution in [0.4, 0.5) is 18.4 Å². The van der Waals surface area contributed by atoms with Crippen molar-refractivity contribution in [2.45, 2.75) is 38.2 Å². The van der Waals surface area contributed by atoms with Gasteiger partial charge in [-0.1, -0.05) is 36.9 Å². The molecular formula is C31H37F2N5O6S. The number of hydrogen-bond acceptors (Lipinski definition) is 8. The first-order valence-corrected chi connectivity index (χ1v) is 15.5. The summed E-state index contributed by atoms with van der Waals surface area (Å²) in [6.07, 6.45) is 1.37. The van der Waals surface area contributed by atoms with Crippen molar-refractivity contribution in [2.24, 2.45) is 0 Å². The van der Waals surface area contributed by atoms with E-state index in [0.717, 1.165) is 17.3 Å². The predicted molar refractivity (Wildman–Crippen MR) is 163 cm³/mol. The second-order valence-electron chi connectivity index (χ2n) is 10.5. The third kappa shape index (κ3) is 9.25. The molecule has 4 amide bonds. The van der Waals surface area contributed by atoms with Crippen LogP contribution in [0.1, 0.15) is 24.0 Å². The van der Waals surface area contributed by atoms with Gasteiger partial charge in [0.05, 0.1) is 26.3 Å². The number of thioether (sulfide) groups is 1. The quantitative estimate of drug-likeness (QED) is 0.199. The molecule has 2 aromatic rings. The summed E-state index contributed by atoms with van der Waals surface area (Å²) in [6.45, 7) is 4.28. The third-order valence-corrected chi connectivity index (χ3v) is 8.20. The molecule has 2 aromatic carbocycles. The Labute approximate surface area is 265 Å². The maximum Gasteiger partial charge on any atom is 0.367 e. The average Bonchev–Trinajstić information content (AvgIpc) is 3.02. The lowest BCUT2D eigenvalue weighted by molar-refractivity contribution is -0.188. The van der Waals surface area contributed by atoms with Crippen molar-refractivity contribution in [1.82, 2.24) is 25.1 Å². The molecule has 0 unspecified atom stereocenters. The minimum Gasteiger partial charge on any atom is -0.453 e. The number of rotatable bonds is 13. The zero-order valence-corrected chi connectivity index (χ0v) is 25.8. The number of likely N-dealkylation sites (N-methyl/N-ethyl adjacent to an activating group) is 1. The monoisotopic (exact) mass is 645 g/mol. The van der Waals surface area contributed by atoms with Gasteiger partial charge in [0.2, 0.25) is 11.8 Å². The van der Waals surface area contributed by atoms with E-state index in [2.05, 4.69) is 11.9 Å². The molecule has 45 heavy (non-hydrogen) atoms. The highest BCUT2D eigenvalue weighted by Gasteiger charge is 2.50. The summed E-state index contributed by atoms with van der Waals surface area (Å²) in [6, 6.07) is 10.3. The summed E-state index contributed by atoms with van der Waals surface area (Å²) in [7, 11) is 1.62. The van der Waals surface area contributed by atoms with Crippen LogP contribution in [0.25, 0.3) is 0 Å². The van der Waals surface area contributed by atoms with Crippen molar-refractivity contribution in [3.05, 3.63) is 83.9 Å². The fourth-order valence-electron chi connectivity index (χ4n) is 5.19. The molecule has 2 atom stereocenters. The van der Waals surface area contributed by atoms with Gasteiger partial charge in [-0.2, -0.15) is 0 Å². The Morgan fingerprint density at radius 3 is 2.40 bits per heavy atom. The Hall–Kier alpha value is -4.01. The Morgan fingerprint density at radius 2 is 1.73 bits per heavy atom. The molecule has 11 nitrogen and oxygen atoms in total. The van der Waals surface area contributed by atoms with Crippen molar-refractivity contribution in [1.29, 1.82) is 0 Å². The first-order valence-electron chi connectivity index (χ1n) is 14.5. The second kappa shape index (κ2) is 16.3. The molecule has 2 heterocycles. The maximum absolute atomic E-state index is 13.8. The number of carbonyl (C=O) groups excluding carboxylic acids is 4. The van der Waals surface area contributed by atoms with Crippen LogP contribution in [-0.4, -0.2) is 101 Å². The minimum absolute atomic E-state index is 0.0535. The van der Waals surface area contributed by atoms with E-state index in [0.29, 0.717) is 17.7 Å². The normalized spacial score (nSPS) is 18.5. The number of nitrogens with zero attached hydrogens (tertiary/aromatic N) is 4. The third-order valence-electron chi connectivity index (χ3n) is 7.35. The van der Waals surface area contributed by atoms with Gasteiger partial charge in [0.1, 0.15) is 30.4 Å². The lowest BCUT2D eigenvalue weighted by Crippen LogP contribution is -2.76. The topological polar surface area (TPSA) is 112 Å². The fourth-order valence-corrected chi connectivity index (χ4v) is 5.82. The van der Waals surface area contributed by atoms with Crippen LogP contribution in [0.15, 0.2) is 61.2 Å². The van der Waals surface area contributed by atoms with Crippen molar-refractivity contribution in [2.75, 3.05) is 45.6 Å². The number of piperazine rings is 1. The van der Waals surface area contributed by atoms with Crippen molar-refractivity contribution >= 4 is 34.9 Å². The van der Waals surface area contributed by atoms with E-state index in [1.165, 1.54) is 45.3 Å². The molecule has 0 saturated carbocycles. The van der Waals surface area contributed by atoms with E-state index in [-0.39, 0.29) is 75.9 Å². The number of hydrogen-bond donors (Lipinski definition) is 1. The second-order valence-corrected chi connectivity index (χ2v) is 11.6. The Kier molecular flexibility index (Phi) is 12.3. The highest BCUT2D eigenvalue weighted by atomic mass is 32.2. The molecule has 4 rings (SSSR count). The van der Waals surface area contributed by atoms with Gasteiger partial charge >= 0.3 is 11.3 Å². The highest BCUT2D eigenvalue weighted by Crippen LogP contribution is 2.28. The van der Waals surface area contributed by atoms with E-state index in [4.69, 9.17) is 9.47 Å². The summed E-state index contributed by atoms with van der Waals surface area (Å²) in [5.74, 6) is -0.941. The Bertz CT molecular complexity index is 1350. The number of fused-ring (bicyclic) bond motifs is 1. The molecule has 0 aromatic heterocycles. The molecule has 0 aliphatic carbocycles. The van der Waals surface area contributed by atoms with Crippen LogP contribution < -0.4 is 5.32 Å². The van der Waals surface area contributed by atoms with Crippen molar-refractivity contribution in [3.8, 4) is 0 Å². The van der Waals surface area contributed by atoms with Gasteiger partial charge in [0, 0.05) is 25.9 Å². The van der Waals surface area contributed by atoms with E-state index in [9.17, 15) is 28.0 Å². The molecule has 0 bridgehead atoms. The fraction of sp³-hybridized carbons (Fsp3) is 0.419. The van der Waals surface area contributed by atoms with E-state index in [1.807, 2.05) is 0 Å². The number of urea groups is 1. The van der Waals surface area contributed by atoms with Crippen molar-refractivity contribution in [3.63, 3.8) is 0 Å².